The van der Waals surface area contributed by atoms with Crippen molar-refractivity contribution < 1.29 is 14.3 Å². The summed E-state index contributed by atoms with van der Waals surface area (Å²) in [7, 11) is 1.64. The molecule has 0 spiro atoms. The van der Waals surface area contributed by atoms with Crippen LogP contribution in [0.3, 0.4) is 0 Å². The molecular weight excluding hydrogens is 324 g/mol. The number of alkyl halides is 1. The molecule has 1 atom stereocenters. The number of methoxy groups -OCH3 is 1. The fourth-order valence-electron chi connectivity index (χ4n) is 1.94. The van der Waals surface area contributed by atoms with Gasteiger partial charge in [-0.2, -0.15) is 0 Å². The number of hydrogen-bond donors (Lipinski definition) is 1. The molecule has 120 valence electrons. The Morgan fingerprint density at radius 3 is 3.05 bits per heavy atom. The Kier molecular flexibility index (Phi) is 6.42. The van der Waals surface area contributed by atoms with E-state index in [9.17, 15) is 4.79 Å². The fraction of sp³-hybridized carbons (Fsp3) is 0.467. The number of amides is 1. The second-order valence-electron chi connectivity index (χ2n) is 4.87. The van der Waals surface area contributed by atoms with Crippen LogP contribution >= 0.6 is 22.9 Å². The molecule has 7 heteroatoms. The number of fused-ring (bicyclic) bond motifs is 1. The minimum absolute atomic E-state index is 0.0231. The first kappa shape index (κ1) is 17.0. The number of benzene rings is 1. The van der Waals surface area contributed by atoms with E-state index in [0.29, 0.717) is 30.5 Å². The molecule has 22 heavy (non-hydrogen) atoms. The SMILES string of the molecule is COCC(C)Oc1ccc2nc(NC(=O)CCCCl)sc2c1. The number of aromatic nitrogens is 1. The van der Waals surface area contributed by atoms with Gasteiger partial charge in [-0.15, -0.1) is 11.6 Å². The third-order valence-electron chi connectivity index (χ3n) is 2.88. The Balaban J connectivity index is 2.05. The smallest absolute Gasteiger partial charge is 0.226 e. The van der Waals surface area contributed by atoms with E-state index in [1.165, 1.54) is 11.3 Å². The molecule has 2 aromatic rings. The highest BCUT2D eigenvalue weighted by atomic mass is 35.5. The highest BCUT2D eigenvalue weighted by Crippen LogP contribution is 2.29. The summed E-state index contributed by atoms with van der Waals surface area (Å²) in [4.78, 5) is 16.1. The zero-order valence-corrected chi connectivity index (χ0v) is 14.2. The van der Waals surface area contributed by atoms with E-state index in [4.69, 9.17) is 21.1 Å². The molecule has 0 aliphatic rings. The molecule has 0 aliphatic carbocycles. The lowest BCUT2D eigenvalue weighted by atomic mass is 10.3. The average molecular weight is 343 g/mol. The van der Waals surface area contributed by atoms with E-state index >= 15 is 0 Å². The number of carbonyl (C=O) groups excluding carboxylic acids is 1. The molecule has 1 amide bonds. The van der Waals surface area contributed by atoms with Gasteiger partial charge >= 0.3 is 0 Å². The van der Waals surface area contributed by atoms with Gasteiger partial charge in [0.1, 0.15) is 11.9 Å². The summed E-state index contributed by atoms with van der Waals surface area (Å²) in [5.41, 5.74) is 0.837. The molecule has 5 nitrogen and oxygen atoms in total. The molecule has 2 rings (SSSR count). The number of ether oxygens (including phenoxy) is 2. The minimum Gasteiger partial charge on any atom is -0.488 e. The average Bonchev–Trinajstić information content (AvgIpc) is 2.86. The Bertz CT molecular complexity index is 632. The van der Waals surface area contributed by atoms with E-state index in [1.54, 1.807) is 7.11 Å². The maximum Gasteiger partial charge on any atom is 0.226 e. The fourth-order valence-corrected chi connectivity index (χ4v) is 2.99. The minimum atomic E-state index is -0.0649. The summed E-state index contributed by atoms with van der Waals surface area (Å²) in [5, 5.41) is 3.39. The lowest BCUT2D eigenvalue weighted by molar-refractivity contribution is -0.116. The van der Waals surface area contributed by atoms with Gasteiger partial charge in [0.2, 0.25) is 5.91 Å². The molecule has 1 N–H and O–H groups in total. The summed E-state index contributed by atoms with van der Waals surface area (Å²) in [5.74, 6) is 1.18. The van der Waals surface area contributed by atoms with Crippen molar-refractivity contribution in [1.82, 2.24) is 4.98 Å². The maximum absolute atomic E-state index is 11.7. The van der Waals surface area contributed by atoms with Crippen LogP contribution in [-0.4, -0.2) is 36.6 Å². The van der Waals surface area contributed by atoms with Gasteiger partial charge in [-0.05, 0) is 31.5 Å². The van der Waals surface area contributed by atoms with Crippen molar-refractivity contribution in [1.29, 1.82) is 0 Å². The highest BCUT2D eigenvalue weighted by Gasteiger charge is 2.10. The van der Waals surface area contributed by atoms with Gasteiger partial charge in [0.05, 0.1) is 16.8 Å². The molecule has 1 heterocycles. The van der Waals surface area contributed by atoms with Crippen LogP contribution in [0.2, 0.25) is 0 Å². The number of anilines is 1. The topological polar surface area (TPSA) is 60.5 Å². The van der Waals surface area contributed by atoms with Gasteiger partial charge in [-0.25, -0.2) is 4.98 Å². The van der Waals surface area contributed by atoms with Crippen molar-refractivity contribution in [2.75, 3.05) is 24.9 Å². The number of nitrogens with one attached hydrogen (secondary N) is 1. The second-order valence-corrected chi connectivity index (χ2v) is 6.28. The van der Waals surface area contributed by atoms with Crippen LogP contribution in [0.15, 0.2) is 18.2 Å². The third-order valence-corrected chi connectivity index (χ3v) is 4.08. The van der Waals surface area contributed by atoms with Crippen LogP contribution in [0.1, 0.15) is 19.8 Å². The zero-order chi connectivity index (χ0) is 15.9. The van der Waals surface area contributed by atoms with Crippen LogP contribution in [-0.2, 0) is 9.53 Å². The standard InChI is InChI=1S/C15H19ClN2O3S/c1-10(9-20-2)21-11-5-6-12-13(8-11)22-15(17-12)18-14(19)4-3-7-16/h5-6,8,10H,3-4,7,9H2,1-2H3,(H,17,18,19). The van der Waals surface area contributed by atoms with Gasteiger partial charge in [0.15, 0.2) is 5.13 Å². The predicted molar refractivity (Wildman–Crippen MR) is 90.2 cm³/mol. The number of thiazole rings is 1. The van der Waals surface area contributed by atoms with E-state index < -0.39 is 0 Å². The van der Waals surface area contributed by atoms with E-state index in [0.717, 1.165) is 16.0 Å². The molecule has 1 unspecified atom stereocenters. The van der Waals surface area contributed by atoms with Crippen LogP contribution in [0.25, 0.3) is 10.2 Å². The molecule has 0 bridgehead atoms. The van der Waals surface area contributed by atoms with Gasteiger partial charge in [0.25, 0.3) is 0 Å². The summed E-state index contributed by atoms with van der Waals surface area (Å²) in [6.07, 6.45) is 1.04. The first-order valence-corrected chi connectivity index (χ1v) is 8.39. The molecule has 1 aromatic carbocycles. The number of hydrogen-bond acceptors (Lipinski definition) is 5. The zero-order valence-electron chi connectivity index (χ0n) is 12.6. The molecular formula is C15H19ClN2O3S. The van der Waals surface area contributed by atoms with Gasteiger partial charge in [-0.1, -0.05) is 11.3 Å². The Morgan fingerprint density at radius 2 is 2.32 bits per heavy atom. The molecule has 0 saturated heterocycles. The first-order chi connectivity index (χ1) is 10.6. The summed E-state index contributed by atoms with van der Waals surface area (Å²) in [6.45, 7) is 2.48. The van der Waals surface area contributed by atoms with Crippen LogP contribution in [0, 0.1) is 0 Å². The van der Waals surface area contributed by atoms with Crippen molar-refractivity contribution in [3.05, 3.63) is 18.2 Å². The Morgan fingerprint density at radius 1 is 1.50 bits per heavy atom. The van der Waals surface area contributed by atoms with Crippen LogP contribution in [0.5, 0.6) is 5.75 Å². The highest BCUT2D eigenvalue weighted by molar-refractivity contribution is 7.22. The van der Waals surface area contributed by atoms with Crippen LogP contribution < -0.4 is 10.1 Å². The van der Waals surface area contributed by atoms with Crippen molar-refractivity contribution in [3.8, 4) is 5.75 Å². The van der Waals surface area contributed by atoms with E-state index in [-0.39, 0.29) is 12.0 Å². The summed E-state index contributed by atoms with van der Waals surface area (Å²) in [6, 6.07) is 5.68. The number of carbonyl (C=O) groups is 1. The Labute approximate surface area is 138 Å². The largest absolute Gasteiger partial charge is 0.488 e. The maximum atomic E-state index is 11.7. The van der Waals surface area contributed by atoms with Crippen LogP contribution in [0.4, 0.5) is 5.13 Å². The lowest BCUT2D eigenvalue weighted by Gasteiger charge is -2.13. The molecule has 0 saturated carbocycles. The monoisotopic (exact) mass is 342 g/mol. The molecule has 0 radical (unpaired) electrons. The number of nitrogens with zero attached hydrogens (tertiary/aromatic N) is 1. The third kappa shape index (κ3) is 4.83. The number of halogens is 1. The lowest BCUT2D eigenvalue weighted by Crippen LogP contribution is -2.17. The summed E-state index contributed by atoms with van der Waals surface area (Å²) >= 11 is 7.00. The van der Waals surface area contributed by atoms with Gasteiger partial charge in [-0.3, -0.25) is 4.79 Å². The van der Waals surface area contributed by atoms with Gasteiger partial charge in [0, 0.05) is 19.4 Å². The molecule has 0 fully saturated rings. The van der Waals surface area contributed by atoms with Crippen molar-refractivity contribution >= 4 is 44.2 Å². The summed E-state index contributed by atoms with van der Waals surface area (Å²) < 4.78 is 11.8. The Hall–Kier alpha value is -1.37. The molecule has 1 aromatic heterocycles. The molecule has 0 aliphatic heterocycles. The predicted octanol–water partition coefficient (Wildman–Crippen LogP) is 3.67. The quantitative estimate of drug-likeness (QED) is 0.743. The van der Waals surface area contributed by atoms with Crippen molar-refractivity contribution in [2.24, 2.45) is 0 Å². The normalized spacial score (nSPS) is 12.3. The van der Waals surface area contributed by atoms with Crippen molar-refractivity contribution in [3.63, 3.8) is 0 Å². The second kappa shape index (κ2) is 8.31. The first-order valence-electron chi connectivity index (χ1n) is 7.04. The van der Waals surface area contributed by atoms with Crippen molar-refractivity contribution in [2.45, 2.75) is 25.9 Å². The van der Waals surface area contributed by atoms with E-state index in [2.05, 4.69) is 10.3 Å². The van der Waals surface area contributed by atoms with E-state index in [1.807, 2.05) is 25.1 Å². The van der Waals surface area contributed by atoms with Gasteiger partial charge < -0.3 is 14.8 Å². The number of rotatable bonds is 8.